The molecule has 3 aromatic rings. The summed E-state index contributed by atoms with van der Waals surface area (Å²) in [6.07, 6.45) is 16.5. The Morgan fingerprint density at radius 2 is 1.71 bits per heavy atom. The zero-order valence-electron chi connectivity index (χ0n) is 30.5. The zero-order chi connectivity index (χ0) is 36.0. The second-order valence-electron chi connectivity index (χ2n) is 14.2. The van der Waals surface area contributed by atoms with E-state index in [1.165, 1.54) is 42.6 Å². The lowest BCUT2D eigenvalue weighted by Gasteiger charge is -2.39. The smallest absolute Gasteiger partial charge is 0.273 e. The predicted octanol–water partition coefficient (Wildman–Crippen LogP) is 10.1. The molecule has 0 saturated carbocycles. The molecule has 3 heterocycles. The molecule has 2 aliphatic heterocycles. The molecule has 1 aromatic heterocycles. The van der Waals surface area contributed by atoms with Gasteiger partial charge in [-0.05, 0) is 54.9 Å². The van der Waals surface area contributed by atoms with Crippen LogP contribution in [0.5, 0.6) is 0 Å². The van der Waals surface area contributed by atoms with Gasteiger partial charge in [0.1, 0.15) is 5.69 Å². The Morgan fingerprint density at radius 3 is 2.44 bits per heavy atom. The number of carbonyl (C=O) groups excluding carboxylic acids is 2. The highest BCUT2D eigenvalue weighted by molar-refractivity contribution is 7.09. The van der Waals surface area contributed by atoms with Crippen molar-refractivity contribution < 1.29 is 23.1 Å². The maximum Gasteiger partial charge on any atom is 0.273 e. The van der Waals surface area contributed by atoms with E-state index in [9.17, 15) is 18.4 Å². The van der Waals surface area contributed by atoms with Crippen LogP contribution < -0.4 is 4.90 Å². The van der Waals surface area contributed by atoms with E-state index in [2.05, 4.69) is 48.0 Å². The highest BCUT2D eigenvalue weighted by Gasteiger charge is 2.34. The predicted molar refractivity (Wildman–Crippen MR) is 206 cm³/mol. The summed E-state index contributed by atoms with van der Waals surface area (Å²) in [5.41, 5.74) is 4.95. The van der Waals surface area contributed by atoms with Gasteiger partial charge in [0, 0.05) is 68.3 Å². The summed E-state index contributed by atoms with van der Waals surface area (Å²) in [6, 6.07) is 14.7. The number of benzene rings is 2. The first-order valence-electron chi connectivity index (χ1n) is 18.6. The fourth-order valence-electron chi connectivity index (χ4n) is 7.56. The van der Waals surface area contributed by atoms with E-state index in [4.69, 9.17) is 4.98 Å². The number of hydrogen-bond acceptors (Lipinski definition) is 5. The number of nitrogens with zero attached hydrogens (tertiary/aromatic N) is 4. The number of para-hydroxylation sites is 1. The maximum absolute atomic E-state index is 14.3. The summed E-state index contributed by atoms with van der Waals surface area (Å²) in [4.78, 5) is 39.4. The number of carbonyl (C=O) groups is 2. The number of thiazole rings is 1. The molecule has 1 fully saturated rings. The van der Waals surface area contributed by atoms with Gasteiger partial charge in [-0.3, -0.25) is 14.3 Å². The minimum atomic E-state index is -2.92. The molecular weight excluding hydrogens is 682 g/mol. The van der Waals surface area contributed by atoms with Gasteiger partial charge in [0.15, 0.2) is 0 Å². The van der Waals surface area contributed by atoms with Crippen molar-refractivity contribution in [1.82, 2.24) is 14.8 Å². The first kappa shape index (κ1) is 39.0. The minimum Gasteiger partial charge on any atom is -0.374 e. The number of likely N-dealkylation sites (tertiary alicyclic amines) is 1. The van der Waals surface area contributed by atoms with E-state index >= 15 is 0 Å². The van der Waals surface area contributed by atoms with Crippen LogP contribution in [0.15, 0.2) is 83.8 Å². The summed E-state index contributed by atoms with van der Waals surface area (Å²) in [6.45, 7) is 5.89. The van der Waals surface area contributed by atoms with Crippen LogP contribution >= 0.6 is 11.3 Å². The number of alkyl halides is 2. The summed E-state index contributed by atoms with van der Waals surface area (Å²) in [5.74, 6) is -2.78. The number of aromatic nitrogens is 1. The summed E-state index contributed by atoms with van der Waals surface area (Å²) >= 11 is 1.56. The van der Waals surface area contributed by atoms with Gasteiger partial charge >= 0.3 is 0 Å². The molecule has 278 valence electrons. The molecule has 0 N–H and O–H groups in total. The van der Waals surface area contributed by atoms with Gasteiger partial charge in [-0.2, -0.15) is 0 Å². The van der Waals surface area contributed by atoms with Crippen molar-refractivity contribution in [2.75, 3.05) is 38.1 Å². The fourth-order valence-corrected chi connectivity index (χ4v) is 8.53. The van der Waals surface area contributed by atoms with Gasteiger partial charge in [-0.15, -0.1) is 11.3 Å². The highest BCUT2D eigenvalue weighted by Crippen LogP contribution is 2.39. The van der Waals surface area contributed by atoms with Crippen molar-refractivity contribution in [3.8, 4) is 0 Å². The molecule has 6 nitrogen and oxygen atoms in total. The molecule has 2 amide bonds. The normalized spacial score (nSPS) is 17.8. The van der Waals surface area contributed by atoms with Crippen LogP contribution in [-0.2, 0) is 10.7 Å². The zero-order valence-corrected chi connectivity index (χ0v) is 31.3. The Hall–Kier alpha value is -4.18. The van der Waals surface area contributed by atoms with E-state index < -0.39 is 5.92 Å². The molecule has 10 heteroatoms. The SMILES string of the molecule is CCCCCCCN(C(=O)c1csc(C2CCN(C(=O)C3=CCC=CC=C3c3ccc(C(C)(F)F)cc3)CC2)n1)C1CCN(C)c2ccccc21.F. The number of unbranched alkanes of at least 4 members (excludes halogenated alkanes) is 4. The van der Waals surface area contributed by atoms with E-state index in [1.54, 1.807) is 23.5 Å². The lowest BCUT2D eigenvalue weighted by molar-refractivity contribution is -0.127. The van der Waals surface area contributed by atoms with E-state index in [0.717, 1.165) is 68.3 Å². The summed E-state index contributed by atoms with van der Waals surface area (Å²) in [7, 11) is 2.12. The number of rotatable bonds is 12. The highest BCUT2D eigenvalue weighted by atomic mass is 32.1. The van der Waals surface area contributed by atoms with Gasteiger partial charge < -0.3 is 14.7 Å². The molecule has 3 aliphatic rings. The molecule has 6 rings (SSSR count). The number of amides is 2. The molecule has 52 heavy (non-hydrogen) atoms. The third-order valence-electron chi connectivity index (χ3n) is 10.5. The summed E-state index contributed by atoms with van der Waals surface area (Å²) in [5, 5.41) is 2.89. The molecule has 2 aromatic carbocycles. The van der Waals surface area contributed by atoms with Crippen molar-refractivity contribution in [3.63, 3.8) is 0 Å². The Bertz CT molecular complexity index is 1770. The average Bonchev–Trinajstić information content (AvgIpc) is 3.51. The molecule has 1 unspecified atom stereocenters. The third-order valence-corrected chi connectivity index (χ3v) is 11.5. The van der Waals surface area contributed by atoms with Crippen LogP contribution in [0.4, 0.5) is 19.2 Å². The van der Waals surface area contributed by atoms with Gasteiger partial charge in [-0.1, -0.05) is 99.4 Å². The molecule has 0 spiro atoms. The van der Waals surface area contributed by atoms with Crippen LogP contribution in [0.25, 0.3) is 5.57 Å². The maximum atomic E-state index is 14.3. The van der Waals surface area contributed by atoms with E-state index in [-0.39, 0.29) is 34.0 Å². The monoisotopic (exact) mass is 732 g/mol. The second-order valence-corrected chi connectivity index (χ2v) is 15.1. The standard InChI is InChI=1S/C42H50F2N4O2S.FH/c1-4-5-6-7-13-25-48(38-24-26-46(3)37-17-12-11-16-35(37)38)41(50)36-29-51-39(45-36)31-22-27-47(28-23-31)40(49)34-15-10-8-9-14-33(34)30-18-20-32(21-19-30)42(2,43)44;/h8-9,11-12,14-21,29,31,38H,4-7,10,13,22-28H2,1-3H3;1H. The largest absolute Gasteiger partial charge is 0.374 e. The Kier molecular flexibility index (Phi) is 13.2. The van der Waals surface area contributed by atoms with Crippen LogP contribution in [0.1, 0.15) is 116 Å². The Labute approximate surface area is 310 Å². The third kappa shape index (κ3) is 8.88. The molecule has 1 atom stereocenters. The summed E-state index contributed by atoms with van der Waals surface area (Å²) < 4.78 is 27.7. The van der Waals surface area contributed by atoms with Gasteiger partial charge in [0.25, 0.3) is 17.7 Å². The van der Waals surface area contributed by atoms with Crippen molar-refractivity contribution in [1.29, 1.82) is 0 Å². The molecule has 1 saturated heterocycles. The Morgan fingerprint density at radius 1 is 0.981 bits per heavy atom. The molecule has 0 bridgehead atoms. The minimum absolute atomic E-state index is 0. The molecule has 1 aliphatic carbocycles. The number of fused-ring (bicyclic) bond motifs is 1. The van der Waals surface area contributed by atoms with Crippen LogP contribution in [0.2, 0.25) is 0 Å². The van der Waals surface area contributed by atoms with Gasteiger partial charge in [-0.25, -0.2) is 13.8 Å². The van der Waals surface area contributed by atoms with Crippen molar-refractivity contribution in [2.24, 2.45) is 0 Å². The first-order chi connectivity index (χ1) is 24.7. The lowest BCUT2D eigenvalue weighted by Crippen LogP contribution is -2.41. The Balaban J connectivity index is 0.00000523. The number of allylic oxidation sites excluding steroid dienone is 4. The first-order valence-corrected chi connectivity index (χ1v) is 19.5. The van der Waals surface area contributed by atoms with Crippen molar-refractivity contribution in [3.05, 3.63) is 111 Å². The molecular formula is C42H51F3N4O2S. The quantitative estimate of drug-likeness (QED) is 0.174. The second kappa shape index (κ2) is 17.6. The number of halogens is 3. The lowest BCUT2D eigenvalue weighted by atomic mass is 9.92. The van der Waals surface area contributed by atoms with Crippen LogP contribution in [-0.4, -0.2) is 59.8 Å². The van der Waals surface area contributed by atoms with Crippen LogP contribution in [0, 0.1) is 0 Å². The van der Waals surface area contributed by atoms with E-state index in [1.807, 2.05) is 34.6 Å². The fraction of sp³-hybridized carbons (Fsp3) is 0.452. The number of piperidine rings is 1. The van der Waals surface area contributed by atoms with Crippen LogP contribution in [0.3, 0.4) is 0 Å². The van der Waals surface area contributed by atoms with Crippen molar-refractivity contribution in [2.45, 2.75) is 89.5 Å². The van der Waals surface area contributed by atoms with Gasteiger partial charge in [0.05, 0.1) is 11.0 Å². The number of hydrogen-bond donors (Lipinski definition) is 0. The average molecular weight is 733 g/mol. The number of anilines is 1. The van der Waals surface area contributed by atoms with Crippen molar-refractivity contribution >= 4 is 34.4 Å². The van der Waals surface area contributed by atoms with Gasteiger partial charge in [0.2, 0.25) is 0 Å². The van der Waals surface area contributed by atoms with E-state index in [0.29, 0.717) is 30.8 Å². The molecule has 0 radical (unpaired) electrons. The topological polar surface area (TPSA) is 56.8 Å².